The van der Waals surface area contributed by atoms with Crippen LogP contribution in [0.2, 0.25) is 0 Å². The summed E-state index contributed by atoms with van der Waals surface area (Å²) in [6.45, 7) is 4.87. The fourth-order valence-electron chi connectivity index (χ4n) is 6.46. The molecule has 312 valence electrons. The summed E-state index contributed by atoms with van der Waals surface area (Å²) in [5, 5.41) is 11.9. The van der Waals surface area contributed by atoms with E-state index in [1.807, 2.05) is 0 Å². The zero-order valence-corrected chi connectivity index (χ0v) is 35.1. The number of carboxylic acid groups (broad SMARTS) is 1. The van der Waals surface area contributed by atoms with Crippen molar-refractivity contribution in [3.8, 4) is 0 Å². The highest BCUT2D eigenvalue weighted by Gasteiger charge is 2.19. The Bertz CT molecular complexity index is 989. The number of rotatable bonds is 40. The van der Waals surface area contributed by atoms with Crippen molar-refractivity contribution < 1.29 is 24.2 Å². The van der Waals surface area contributed by atoms with Crippen molar-refractivity contribution in [1.29, 1.82) is 0 Å². The molecule has 0 spiro atoms. The molecule has 0 aromatic heterocycles. The first-order valence-electron chi connectivity index (χ1n) is 22.5. The first kappa shape index (κ1) is 51.3. The number of carbonyl (C=O) groups excluding carboxylic acids is 2. The van der Waals surface area contributed by atoms with Gasteiger partial charge in [0.15, 0.2) is 0 Å². The molecule has 7 heteroatoms. The Labute approximate surface area is 332 Å². The lowest BCUT2D eigenvalue weighted by Gasteiger charge is -2.18. The van der Waals surface area contributed by atoms with Gasteiger partial charge in [-0.25, -0.2) is 4.79 Å². The molecule has 0 saturated carbocycles. The van der Waals surface area contributed by atoms with Gasteiger partial charge in [-0.3, -0.25) is 9.59 Å². The third-order valence-electron chi connectivity index (χ3n) is 9.85. The summed E-state index contributed by atoms with van der Waals surface area (Å²) in [7, 11) is 0. The van der Waals surface area contributed by atoms with Gasteiger partial charge in [0.05, 0.1) is 0 Å². The molecule has 0 bridgehead atoms. The number of allylic oxidation sites excluding steroid dienone is 8. The molecule has 0 heterocycles. The van der Waals surface area contributed by atoms with Crippen molar-refractivity contribution in [2.24, 2.45) is 5.73 Å². The zero-order chi connectivity index (χ0) is 39.6. The second kappa shape index (κ2) is 41.5. The topological polar surface area (TPSA) is 119 Å². The molecule has 0 fully saturated rings. The maximum atomic E-state index is 12.8. The van der Waals surface area contributed by atoms with Gasteiger partial charge in [-0.05, 0) is 116 Å². The molecule has 0 radical (unpaired) electrons. The third kappa shape index (κ3) is 37.6. The average molecular weight is 757 g/mol. The van der Waals surface area contributed by atoms with Crippen LogP contribution >= 0.6 is 0 Å². The predicted octanol–water partition coefficient (Wildman–Crippen LogP) is 12.8. The number of aliphatic carboxylic acids is 1. The Hall–Kier alpha value is -2.67. The molecule has 0 saturated heterocycles. The van der Waals surface area contributed by atoms with Crippen molar-refractivity contribution in [3.05, 3.63) is 48.6 Å². The third-order valence-corrected chi connectivity index (χ3v) is 9.85. The van der Waals surface area contributed by atoms with E-state index in [0.717, 1.165) is 103 Å². The lowest BCUT2D eigenvalue weighted by atomic mass is 10.0. The summed E-state index contributed by atoms with van der Waals surface area (Å²) >= 11 is 0. The molecule has 2 atom stereocenters. The van der Waals surface area contributed by atoms with Crippen LogP contribution in [0.1, 0.15) is 213 Å². The van der Waals surface area contributed by atoms with Crippen molar-refractivity contribution in [2.75, 3.05) is 6.54 Å². The lowest BCUT2D eigenvalue weighted by Crippen LogP contribution is -2.40. The highest BCUT2D eigenvalue weighted by Crippen LogP contribution is 2.18. The molecule has 0 aromatic carbocycles. The first-order chi connectivity index (χ1) is 26.4. The van der Waals surface area contributed by atoms with E-state index in [2.05, 4.69) is 67.8 Å². The van der Waals surface area contributed by atoms with Crippen molar-refractivity contribution in [2.45, 2.75) is 225 Å². The molecule has 0 rings (SSSR count). The molecule has 0 aliphatic carbocycles. The number of esters is 1. The summed E-state index contributed by atoms with van der Waals surface area (Å²) in [6, 6.07) is -0.862. The predicted molar refractivity (Wildman–Crippen MR) is 230 cm³/mol. The smallest absolute Gasteiger partial charge is 0.326 e. The van der Waals surface area contributed by atoms with Gasteiger partial charge >= 0.3 is 11.9 Å². The van der Waals surface area contributed by atoms with Crippen LogP contribution in [-0.2, 0) is 19.1 Å². The minimum Gasteiger partial charge on any atom is -0.480 e. The molecule has 0 aliphatic heterocycles. The molecular formula is C47H84N2O5. The van der Waals surface area contributed by atoms with Gasteiger partial charge in [-0.15, -0.1) is 0 Å². The average Bonchev–Trinajstić information content (AvgIpc) is 3.16. The standard InChI is InChI=1S/C47H84N2O5/c1-3-5-7-9-11-13-15-17-18-20-21-23-25-28-32-37-43(38-33-29-27-30-34-40-45(50)49-44(47(52)53)39-36-42-48)54-46(51)41-35-31-26-24-22-19-16-14-12-10-8-6-4-2/h8,10,14-17,20-21,43-44H,3-7,9,11-13,18-19,22-42,48H2,1-2H3,(H,49,50)(H,52,53)/b10-8-,16-14-,17-15-,21-20-. The second-order valence-corrected chi connectivity index (χ2v) is 15.1. The number of nitrogens with two attached hydrogens (primary N) is 1. The Morgan fingerprint density at radius 2 is 1.00 bits per heavy atom. The monoisotopic (exact) mass is 757 g/mol. The minimum absolute atomic E-state index is 0.0176. The fraction of sp³-hybridized carbons (Fsp3) is 0.766. The van der Waals surface area contributed by atoms with Gasteiger partial charge in [-0.2, -0.15) is 0 Å². The van der Waals surface area contributed by atoms with Crippen molar-refractivity contribution in [3.63, 3.8) is 0 Å². The quantitative estimate of drug-likeness (QED) is 0.0325. The number of ether oxygens (including phenoxy) is 1. The molecule has 4 N–H and O–H groups in total. The number of hydrogen-bond acceptors (Lipinski definition) is 5. The summed E-state index contributed by atoms with van der Waals surface area (Å²) in [5.41, 5.74) is 5.49. The summed E-state index contributed by atoms with van der Waals surface area (Å²) in [5.74, 6) is -1.26. The molecule has 2 unspecified atom stereocenters. The number of nitrogens with one attached hydrogen (secondary N) is 1. The summed E-state index contributed by atoms with van der Waals surface area (Å²) < 4.78 is 6.04. The molecule has 7 nitrogen and oxygen atoms in total. The summed E-state index contributed by atoms with van der Waals surface area (Å²) in [6.07, 6.45) is 50.1. The van der Waals surface area contributed by atoms with Crippen LogP contribution in [0.4, 0.5) is 0 Å². The van der Waals surface area contributed by atoms with Crippen LogP contribution in [0.3, 0.4) is 0 Å². The Morgan fingerprint density at radius 3 is 1.52 bits per heavy atom. The SMILES string of the molecule is CCC/C=C\C/C=C\CCCCCCCC(=O)OC(CCCCC/C=C\C/C=C\CCCCCCC)CCCCCCCC(=O)NC(CCCN)C(=O)O. The van der Waals surface area contributed by atoms with E-state index in [-0.39, 0.29) is 18.0 Å². The van der Waals surface area contributed by atoms with Crippen LogP contribution in [-0.4, -0.2) is 41.6 Å². The molecule has 54 heavy (non-hydrogen) atoms. The van der Waals surface area contributed by atoms with Crippen LogP contribution in [0.25, 0.3) is 0 Å². The number of carbonyl (C=O) groups is 3. The van der Waals surface area contributed by atoms with Gasteiger partial charge in [0.25, 0.3) is 0 Å². The van der Waals surface area contributed by atoms with Crippen molar-refractivity contribution >= 4 is 17.8 Å². The maximum Gasteiger partial charge on any atom is 0.326 e. The molecule has 1 amide bonds. The normalized spacial score (nSPS) is 13.1. The van der Waals surface area contributed by atoms with E-state index in [1.165, 1.54) is 70.6 Å². The van der Waals surface area contributed by atoms with E-state index >= 15 is 0 Å². The van der Waals surface area contributed by atoms with Crippen LogP contribution < -0.4 is 11.1 Å². The van der Waals surface area contributed by atoms with Gasteiger partial charge in [0, 0.05) is 12.8 Å². The van der Waals surface area contributed by atoms with E-state index in [9.17, 15) is 19.5 Å². The molecule has 0 aliphatic rings. The van der Waals surface area contributed by atoms with Crippen LogP contribution in [0.5, 0.6) is 0 Å². The number of carboxylic acids is 1. The number of amides is 1. The zero-order valence-electron chi connectivity index (χ0n) is 35.1. The van der Waals surface area contributed by atoms with Gasteiger partial charge in [-0.1, -0.05) is 140 Å². The Kier molecular flexibility index (Phi) is 39.4. The Balaban J connectivity index is 4.42. The van der Waals surface area contributed by atoms with Crippen LogP contribution in [0, 0.1) is 0 Å². The molecular weight excluding hydrogens is 673 g/mol. The number of unbranched alkanes of at least 4 members (excludes halogenated alkanes) is 18. The highest BCUT2D eigenvalue weighted by atomic mass is 16.5. The Morgan fingerprint density at radius 1 is 0.537 bits per heavy atom. The second-order valence-electron chi connectivity index (χ2n) is 15.1. The van der Waals surface area contributed by atoms with Gasteiger partial charge < -0.3 is 20.9 Å². The van der Waals surface area contributed by atoms with Gasteiger partial charge in [0.1, 0.15) is 12.1 Å². The van der Waals surface area contributed by atoms with E-state index < -0.39 is 12.0 Å². The van der Waals surface area contributed by atoms with Crippen molar-refractivity contribution in [1.82, 2.24) is 5.32 Å². The fourth-order valence-corrected chi connectivity index (χ4v) is 6.46. The largest absolute Gasteiger partial charge is 0.480 e. The van der Waals surface area contributed by atoms with E-state index in [4.69, 9.17) is 10.5 Å². The maximum absolute atomic E-state index is 12.8. The highest BCUT2D eigenvalue weighted by molar-refractivity contribution is 5.83. The van der Waals surface area contributed by atoms with E-state index in [1.54, 1.807) is 0 Å². The van der Waals surface area contributed by atoms with E-state index in [0.29, 0.717) is 32.2 Å². The van der Waals surface area contributed by atoms with Gasteiger partial charge in [0.2, 0.25) is 5.91 Å². The molecule has 0 aromatic rings. The summed E-state index contributed by atoms with van der Waals surface area (Å²) in [4.78, 5) is 36.4. The van der Waals surface area contributed by atoms with Crippen LogP contribution in [0.15, 0.2) is 48.6 Å². The lowest BCUT2D eigenvalue weighted by molar-refractivity contribution is -0.150. The minimum atomic E-state index is -1.01. The number of hydrogen-bond donors (Lipinski definition) is 3. The first-order valence-corrected chi connectivity index (χ1v) is 22.5.